The van der Waals surface area contributed by atoms with Gasteiger partial charge in [-0.2, -0.15) is 0 Å². The Morgan fingerprint density at radius 1 is 1.29 bits per heavy atom. The van der Waals surface area contributed by atoms with E-state index in [1.807, 2.05) is 0 Å². The van der Waals surface area contributed by atoms with Crippen LogP contribution in [0.2, 0.25) is 0 Å². The third kappa shape index (κ3) is 2.71. The molecule has 0 radical (unpaired) electrons. The van der Waals surface area contributed by atoms with Crippen molar-refractivity contribution in [1.82, 2.24) is 5.32 Å². The van der Waals surface area contributed by atoms with Crippen LogP contribution in [0.5, 0.6) is 0 Å². The Hall–Kier alpha value is -0.0800. The Labute approximate surface area is 87.4 Å². The van der Waals surface area contributed by atoms with Crippen molar-refractivity contribution in [2.75, 3.05) is 13.1 Å². The summed E-state index contributed by atoms with van der Waals surface area (Å²) in [6, 6.07) is 0. The van der Waals surface area contributed by atoms with Gasteiger partial charge in [-0.25, -0.2) is 0 Å². The van der Waals surface area contributed by atoms with Crippen LogP contribution in [0.4, 0.5) is 0 Å². The fraction of sp³-hybridized carbons (Fsp3) is 1.00. The van der Waals surface area contributed by atoms with Gasteiger partial charge in [-0.15, -0.1) is 0 Å². The molecule has 2 heteroatoms. The van der Waals surface area contributed by atoms with Gasteiger partial charge in [-0.3, -0.25) is 0 Å². The first-order valence-corrected chi connectivity index (χ1v) is 6.04. The summed E-state index contributed by atoms with van der Waals surface area (Å²) in [4.78, 5) is 0. The Morgan fingerprint density at radius 3 is 2.64 bits per heavy atom. The van der Waals surface area contributed by atoms with Crippen LogP contribution in [-0.2, 0) is 4.74 Å². The number of nitrogens with one attached hydrogen (secondary N) is 1. The van der Waals surface area contributed by atoms with Crippen LogP contribution in [0.3, 0.4) is 0 Å². The number of morpholine rings is 1. The summed E-state index contributed by atoms with van der Waals surface area (Å²) in [6.07, 6.45) is 7.47. The van der Waals surface area contributed by atoms with Crippen molar-refractivity contribution in [1.29, 1.82) is 0 Å². The van der Waals surface area contributed by atoms with Gasteiger partial charge in [0.2, 0.25) is 0 Å². The second-order valence-corrected chi connectivity index (χ2v) is 5.52. The number of hydrogen-bond acceptors (Lipinski definition) is 2. The Bertz CT molecular complexity index is 185. The maximum absolute atomic E-state index is 6.07. The predicted molar refractivity (Wildman–Crippen MR) is 58.4 cm³/mol. The van der Waals surface area contributed by atoms with E-state index in [4.69, 9.17) is 4.74 Å². The fourth-order valence-corrected chi connectivity index (χ4v) is 2.82. The van der Waals surface area contributed by atoms with E-state index in [0.717, 1.165) is 19.0 Å². The van der Waals surface area contributed by atoms with E-state index in [1.165, 1.54) is 32.1 Å². The Balaban J connectivity index is 1.79. The number of ether oxygens (including phenoxy) is 1. The lowest BCUT2D eigenvalue weighted by Crippen LogP contribution is -2.50. The molecule has 14 heavy (non-hydrogen) atoms. The van der Waals surface area contributed by atoms with E-state index in [1.54, 1.807) is 0 Å². The van der Waals surface area contributed by atoms with E-state index >= 15 is 0 Å². The van der Waals surface area contributed by atoms with Gasteiger partial charge < -0.3 is 10.1 Å². The van der Waals surface area contributed by atoms with Crippen molar-refractivity contribution >= 4 is 0 Å². The molecular weight excluding hydrogens is 174 g/mol. The molecule has 1 N–H and O–H groups in total. The zero-order valence-corrected chi connectivity index (χ0v) is 9.51. The largest absolute Gasteiger partial charge is 0.370 e. The lowest BCUT2D eigenvalue weighted by Gasteiger charge is -2.37. The van der Waals surface area contributed by atoms with Gasteiger partial charge in [0.25, 0.3) is 0 Å². The molecule has 2 aliphatic rings. The van der Waals surface area contributed by atoms with Gasteiger partial charge in [0.05, 0.1) is 11.7 Å². The quantitative estimate of drug-likeness (QED) is 0.733. The van der Waals surface area contributed by atoms with Crippen LogP contribution >= 0.6 is 0 Å². The highest BCUT2D eigenvalue weighted by Gasteiger charge is 2.30. The summed E-state index contributed by atoms with van der Waals surface area (Å²) in [6.45, 7) is 6.41. The number of hydrogen-bond donors (Lipinski definition) is 1. The average Bonchev–Trinajstić information content (AvgIpc) is 2.54. The lowest BCUT2D eigenvalue weighted by molar-refractivity contribution is -0.101. The van der Waals surface area contributed by atoms with Crippen molar-refractivity contribution in [3.63, 3.8) is 0 Å². The maximum Gasteiger partial charge on any atom is 0.0754 e. The average molecular weight is 197 g/mol. The van der Waals surface area contributed by atoms with Crippen LogP contribution in [0.15, 0.2) is 0 Å². The summed E-state index contributed by atoms with van der Waals surface area (Å²) in [5.41, 5.74) is 0.0432. The molecule has 2 nitrogen and oxygen atoms in total. The Morgan fingerprint density at radius 2 is 2.00 bits per heavy atom. The molecule has 1 unspecified atom stereocenters. The minimum atomic E-state index is 0.0432. The molecule has 1 atom stereocenters. The molecule has 1 saturated carbocycles. The molecule has 1 saturated heterocycles. The zero-order valence-electron chi connectivity index (χ0n) is 9.51. The number of rotatable bonds is 2. The smallest absolute Gasteiger partial charge is 0.0754 e. The normalized spacial score (nSPS) is 33.4. The van der Waals surface area contributed by atoms with Crippen molar-refractivity contribution in [3.8, 4) is 0 Å². The molecule has 1 aliphatic carbocycles. The van der Waals surface area contributed by atoms with Crippen LogP contribution in [0, 0.1) is 5.92 Å². The van der Waals surface area contributed by atoms with E-state index in [9.17, 15) is 0 Å². The van der Waals surface area contributed by atoms with Gasteiger partial charge in [-0.1, -0.05) is 25.7 Å². The van der Waals surface area contributed by atoms with Gasteiger partial charge in [0.15, 0.2) is 0 Å². The summed E-state index contributed by atoms with van der Waals surface area (Å²) in [5.74, 6) is 0.940. The van der Waals surface area contributed by atoms with Gasteiger partial charge >= 0.3 is 0 Å². The highest BCUT2D eigenvalue weighted by Crippen LogP contribution is 2.31. The van der Waals surface area contributed by atoms with E-state index < -0.39 is 0 Å². The third-order valence-corrected chi connectivity index (χ3v) is 3.48. The molecule has 0 aromatic rings. The van der Waals surface area contributed by atoms with E-state index in [2.05, 4.69) is 19.2 Å². The summed E-state index contributed by atoms with van der Waals surface area (Å²) in [7, 11) is 0. The fourth-order valence-electron chi connectivity index (χ4n) is 2.82. The van der Waals surface area contributed by atoms with Gasteiger partial charge in [0.1, 0.15) is 0 Å². The van der Waals surface area contributed by atoms with Gasteiger partial charge in [0, 0.05) is 13.1 Å². The van der Waals surface area contributed by atoms with Crippen molar-refractivity contribution in [2.24, 2.45) is 5.92 Å². The lowest BCUT2D eigenvalue weighted by atomic mass is 9.97. The first-order valence-electron chi connectivity index (χ1n) is 6.04. The molecule has 0 aromatic carbocycles. The molecule has 0 bridgehead atoms. The van der Waals surface area contributed by atoms with Crippen LogP contribution in [-0.4, -0.2) is 24.8 Å². The summed E-state index contributed by atoms with van der Waals surface area (Å²) < 4.78 is 6.07. The zero-order chi connectivity index (χ0) is 10.0. The van der Waals surface area contributed by atoms with Crippen LogP contribution in [0.1, 0.15) is 46.0 Å². The van der Waals surface area contributed by atoms with Crippen molar-refractivity contribution in [2.45, 2.75) is 57.7 Å². The molecule has 0 amide bonds. The molecule has 2 rings (SSSR count). The van der Waals surface area contributed by atoms with E-state index in [0.29, 0.717) is 6.10 Å². The first-order chi connectivity index (χ1) is 6.66. The predicted octanol–water partition coefficient (Wildman–Crippen LogP) is 2.33. The minimum Gasteiger partial charge on any atom is -0.370 e. The highest BCUT2D eigenvalue weighted by atomic mass is 16.5. The maximum atomic E-state index is 6.07. The summed E-state index contributed by atoms with van der Waals surface area (Å²) in [5, 5.41) is 3.47. The monoisotopic (exact) mass is 197 g/mol. The standard InChI is InChI=1S/C12H23NO/c1-12(2)9-13-8-11(14-12)7-10-5-3-4-6-10/h10-11,13H,3-9H2,1-2H3. The van der Waals surface area contributed by atoms with Crippen LogP contribution < -0.4 is 5.32 Å². The van der Waals surface area contributed by atoms with Gasteiger partial charge in [-0.05, 0) is 26.2 Å². The topological polar surface area (TPSA) is 21.3 Å². The Kier molecular flexibility index (Phi) is 3.13. The summed E-state index contributed by atoms with van der Waals surface area (Å²) >= 11 is 0. The molecule has 2 fully saturated rings. The molecule has 1 aliphatic heterocycles. The van der Waals surface area contributed by atoms with Crippen LogP contribution in [0.25, 0.3) is 0 Å². The first kappa shape index (κ1) is 10.4. The highest BCUT2D eigenvalue weighted by molar-refractivity contribution is 4.83. The van der Waals surface area contributed by atoms with Crippen molar-refractivity contribution in [3.05, 3.63) is 0 Å². The SMILES string of the molecule is CC1(C)CNCC(CC2CCCC2)O1. The second kappa shape index (κ2) is 4.19. The minimum absolute atomic E-state index is 0.0432. The van der Waals surface area contributed by atoms with Crippen molar-refractivity contribution < 1.29 is 4.74 Å². The molecule has 82 valence electrons. The second-order valence-electron chi connectivity index (χ2n) is 5.52. The molecule has 0 spiro atoms. The molecular formula is C12H23NO. The molecule has 1 heterocycles. The van der Waals surface area contributed by atoms with E-state index in [-0.39, 0.29) is 5.60 Å². The third-order valence-electron chi connectivity index (χ3n) is 3.48. The molecule has 0 aromatic heterocycles.